The first kappa shape index (κ1) is 11.1. The zero-order valence-corrected chi connectivity index (χ0v) is 9.49. The van der Waals surface area contributed by atoms with E-state index in [1.54, 1.807) is 6.92 Å². The van der Waals surface area contributed by atoms with E-state index in [4.69, 9.17) is 0 Å². The molecule has 1 aliphatic heterocycles. The highest BCUT2D eigenvalue weighted by molar-refractivity contribution is 5.90. The summed E-state index contributed by atoms with van der Waals surface area (Å²) in [5.74, 6) is 0.673. The maximum atomic E-state index is 11.6. The number of aromatic nitrogens is 3. The molecular weight excluding hydrogens is 206 g/mol. The molecule has 1 aromatic rings. The summed E-state index contributed by atoms with van der Waals surface area (Å²) in [6.07, 6.45) is 2.54. The molecule has 6 heteroatoms. The zero-order chi connectivity index (χ0) is 11.4. The van der Waals surface area contributed by atoms with Gasteiger partial charge in [0.1, 0.15) is 5.82 Å². The third-order valence-corrected chi connectivity index (χ3v) is 2.71. The van der Waals surface area contributed by atoms with Gasteiger partial charge >= 0.3 is 0 Å². The van der Waals surface area contributed by atoms with Crippen LogP contribution in [0.25, 0.3) is 0 Å². The highest BCUT2D eigenvalue weighted by Crippen LogP contribution is 2.05. The molecule has 0 spiro atoms. The predicted octanol–water partition coefficient (Wildman–Crippen LogP) is -0.0613. The number of hydrogen-bond donors (Lipinski definition) is 2. The first-order valence-electron chi connectivity index (χ1n) is 5.65. The number of nitrogens with zero attached hydrogens (tertiary/aromatic N) is 3. The number of carbonyl (C=O) groups excluding carboxylic acids is 1. The molecule has 1 fully saturated rings. The van der Waals surface area contributed by atoms with E-state index in [-0.39, 0.29) is 11.7 Å². The van der Waals surface area contributed by atoms with Crippen LogP contribution in [-0.2, 0) is 0 Å². The Bertz CT molecular complexity index is 356. The van der Waals surface area contributed by atoms with Crippen LogP contribution in [0.1, 0.15) is 29.3 Å². The van der Waals surface area contributed by atoms with Crippen molar-refractivity contribution < 1.29 is 4.79 Å². The van der Waals surface area contributed by atoms with Crippen molar-refractivity contribution in [1.82, 2.24) is 25.4 Å². The first-order chi connectivity index (χ1) is 7.75. The number of aromatic amines is 1. The average Bonchev–Trinajstić information content (AvgIpc) is 2.89. The Morgan fingerprint density at radius 3 is 2.88 bits per heavy atom. The lowest BCUT2D eigenvalue weighted by molar-refractivity contribution is 0.0939. The van der Waals surface area contributed by atoms with Gasteiger partial charge in [0.25, 0.3) is 5.91 Å². The number of hydrogen-bond acceptors (Lipinski definition) is 4. The molecular formula is C10H17N5O. The summed E-state index contributed by atoms with van der Waals surface area (Å²) in [6.45, 7) is 5.64. The van der Waals surface area contributed by atoms with Crippen molar-refractivity contribution in [1.29, 1.82) is 0 Å². The molecule has 1 saturated heterocycles. The third kappa shape index (κ3) is 2.79. The van der Waals surface area contributed by atoms with E-state index in [1.807, 2.05) is 0 Å². The summed E-state index contributed by atoms with van der Waals surface area (Å²) in [5, 5.41) is 9.27. The lowest BCUT2D eigenvalue weighted by Gasteiger charge is -2.13. The van der Waals surface area contributed by atoms with Gasteiger partial charge in [0, 0.05) is 13.1 Å². The van der Waals surface area contributed by atoms with Gasteiger partial charge in [0.15, 0.2) is 0 Å². The number of nitrogens with one attached hydrogen (secondary N) is 2. The van der Waals surface area contributed by atoms with Crippen molar-refractivity contribution in [2.45, 2.75) is 19.8 Å². The van der Waals surface area contributed by atoms with Gasteiger partial charge in [-0.1, -0.05) is 0 Å². The predicted molar refractivity (Wildman–Crippen MR) is 59.1 cm³/mol. The summed E-state index contributed by atoms with van der Waals surface area (Å²) in [4.78, 5) is 17.9. The normalized spacial score (nSPS) is 16.6. The lowest BCUT2D eigenvalue weighted by atomic mass is 10.4. The molecule has 1 aromatic heterocycles. The van der Waals surface area contributed by atoms with Crippen LogP contribution in [-0.4, -0.2) is 52.2 Å². The molecule has 0 saturated carbocycles. The second kappa shape index (κ2) is 5.07. The lowest BCUT2D eigenvalue weighted by Crippen LogP contribution is -2.33. The minimum atomic E-state index is -0.205. The van der Waals surface area contributed by atoms with Crippen molar-refractivity contribution in [3.05, 3.63) is 11.6 Å². The van der Waals surface area contributed by atoms with Crippen LogP contribution >= 0.6 is 0 Å². The fraction of sp³-hybridized carbons (Fsp3) is 0.700. The number of aryl methyl sites for hydroxylation is 1. The quantitative estimate of drug-likeness (QED) is 0.750. The number of rotatable bonds is 4. The summed E-state index contributed by atoms with van der Waals surface area (Å²) >= 11 is 0. The Morgan fingerprint density at radius 2 is 2.25 bits per heavy atom. The molecule has 0 bridgehead atoms. The maximum Gasteiger partial charge on any atom is 0.291 e. The van der Waals surface area contributed by atoms with Crippen molar-refractivity contribution >= 4 is 5.91 Å². The van der Waals surface area contributed by atoms with Crippen LogP contribution in [0.15, 0.2) is 0 Å². The van der Waals surface area contributed by atoms with Crippen LogP contribution in [0.3, 0.4) is 0 Å². The van der Waals surface area contributed by atoms with E-state index < -0.39 is 0 Å². The van der Waals surface area contributed by atoms with Crippen LogP contribution in [0, 0.1) is 6.92 Å². The van der Waals surface area contributed by atoms with Gasteiger partial charge < -0.3 is 10.2 Å². The number of carbonyl (C=O) groups is 1. The molecule has 0 atom stereocenters. The summed E-state index contributed by atoms with van der Waals surface area (Å²) in [6, 6.07) is 0. The fourth-order valence-electron chi connectivity index (χ4n) is 1.86. The average molecular weight is 223 g/mol. The Kier molecular flexibility index (Phi) is 3.51. The molecule has 16 heavy (non-hydrogen) atoms. The first-order valence-corrected chi connectivity index (χ1v) is 5.65. The Balaban J connectivity index is 1.71. The van der Waals surface area contributed by atoms with Gasteiger partial charge in [-0.2, -0.15) is 0 Å². The van der Waals surface area contributed by atoms with E-state index >= 15 is 0 Å². The smallest absolute Gasteiger partial charge is 0.291 e. The Morgan fingerprint density at radius 1 is 1.50 bits per heavy atom. The van der Waals surface area contributed by atoms with Crippen LogP contribution in [0.2, 0.25) is 0 Å². The second-order valence-corrected chi connectivity index (χ2v) is 4.05. The standard InChI is InChI=1S/C10H17N5O/c1-8-12-9(14-13-8)10(16)11-4-7-15-5-2-3-6-15/h2-7H2,1H3,(H,11,16)(H,12,13,14). The largest absolute Gasteiger partial charge is 0.348 e. The summed E-state index contributed by atoms with van der Waals surface area (Å²) in [7, 11) is 0. The van der Waals surface area contributed by atoms with Crippen molar-refractivity contribution in [3.63, 3.8) is 0 Å². The highest BCUT2D eigenvalue weighted by Gasteiger charge is 2.13. The number of likely N-dealkylation sites (tertiary alicyclic amines) is 1. The van der Waals surface area contributed by atoms with Crippen LogP contribution in [0.5, 0.6) is 0 Å². The maximum absolute atomic E-state index is 11.6. The Labute approximate surface area is 94.4 Å². The van der Waals surface area contributed by atoms with E-state index in [0.29, 0.717) is 12.4 Å². The molecule has 0 radical (unpaired) electrons. The summed E-state index contributed by atoms with van der Waals surface area (Å²) < 4.78 is 0. The molecule has 2 N–H and O–H groups in total. The van der Waals surface area contributed by atoms with Crippen molar-refractivity contribution in [3.8, 4) is 0 Å². The van der Waals surface area contributed by atoms with Gasteiger partial charge in [-0.15, -0.1) is 5.10 Å². The van der Waals surface area contributed by atoms with Crippen LogP contribution in [0.4, 0.5) is 0 Å². The SMILES string of the molecule is Cc1nc(C(=O)NCCN2CCCC2)n[nH]1. The highest BCUT2D eigenvalue weighted by atomic mass is 16.2. The van der Waals surface area contributed by atoms with Gasteiger partial charge in [0.2, 0.25) is 5.82 Å². The van der Waals surface area contributed by atoms with Crippen molar-refractivity contribution in [2.75, 3.05) is 26.2 Å². The molecule has 88 valence electrons. The van der Waals surface area contributed by atoms with E-state index in [0.717, 1.165) is 19.6 Å². The van der Waals surface area contributed by atoms with Crippen LogP contribution < -0.4 is 5.32 Å². The van der Waals surface area contributed by atoms with E-state index in [2.05, 4.69) is 25.4 Å². The number of amides is 1. The topological polar surface area (TPSA) is 73.9 Å². The molecule has 6 nitrogen and oxygen atoms in total. The molecule has 1 amide bonds. The van der Waals surface area contributed by atoms with Gasteiger partial charge in [-0.3, -0.25) is 9.89 Å². The fourth-order valence-corrected chi connectivity index (χ4v) is 1.86. The molecule has 2 rings (SSSR count). The zero-order valence-electron chi connectivity index (χ0n) is 9.49. The van der Waals surface area contributed by atoms with Gasteiger partial charge in [-0.25, -0.2) is 4.98 Å². The second-order valence-electron chi connectivity index (χ2n) is 4.05. The third-order valence-electron chi connectivity index (χ3n) is 2.71. The van der Waals surface area contributed by atoms with Crippen molar-refractivity contribution in [2.24, 2.45) is 0 Å². The Hall–Kier alpha value is -1.43. The number of H-pyrrole nitrogens is 1. The molecule has 2 heterocycles. The molecule has 1 aliphatic rings. The molecule has 0 aromatic carbocycles. The van der Waals surface area contributed by atoms with Gasteiger partial charge in [0.05, 0.1) is 0 Å². The minimum absolute atomic E-state index is 0.205. The van der Waals surface area contributed by atoms with E-state index in [1.165, 1.54) is 12.8 Å². The minimum Gasteiger partial charge on any atom is -0.348 e. The van der Waals surface area contributed by atoms with Gasteiger partial charge in [-0.05, 0) is 32.9 Å². The van der Waals surface area contributed by atoms with E-state index in [9.17, 15) is 4.79 Å². The molecule has 0 aliphatic carbocycles. The summed E-state index contributed by atoms with van der Waals surface area (Å²) in [5.41, 5.74) is 0. The monoisotopic (exact) mass is 223 g/mol. The molecule has 0 unspecified atom stereocenters.